The number of benzene rings is 2. The van der Waals surface area contributed by atoms with Gasteiger partial charge in [0.15, 0.2) is 11.0 Å². The molecule has 1 aliphatic rings. The number of aliphatic imine (C=N–C) groups is 1. The highest BCUT2D eigenvalue weighted by molar-refractivity contribution is 8.14. The number of hydrogen-bond acceptors (Lipinski definition) is 4. The third-order valence-electron chi connectivity index (χ3n) is 3.23. The Morgan fingerprint density at radius 1 is 1.05 bits per heavy atom. The fraction of sp³-hybridized carbons (Fsp3) is 0.118. The van der Waals surface area contributed by atoms with Gasteiger partial charge in [0.1, 0.15) is 6.54 Å². The molecule has 4 nitrogen and oxygen atoms in total. The lowest BCUT2D eigenvalue weighted by atomic mass is 10.2. The first-order valence-corrected chi connectivity index (χ1v) is 7.88. The number of thioether (sulfide) groups is 1. The molecule has 22 heavy (non-hydrogen) atoms. The average molecular weight is 310 g/mol. The van der Waals surface area contributed by atoms with E-state index in [1.807, 2.05) is 48.5 Å². The van der Waals surface area contributed by atoms with Gasteiger partial charge in [-0.2, -0.15) is 0 Å². The van der Waals surface area contributed by atoms with E-state index in [1.165, 1.54) is 11.8 Å². The van der Waals surface area contributed by atoms with E-state index in [4.69, 9.17) is 0 Å². The summed E-state index contributed by atoms with van der Waals surface area (Å²) in [4.78, 5) is 30.0. The normalized spacial score (nSPS) is 14.1. The first kappa shape index (κ1) is 14.5. The SMILES string of the molecule is O=C(CSC1=NCC(=O)N1c1ccccc1)c1ccccc1. The van der Waals surface area contributed by atoms with Crippen LogP contribution in [0.5, 0.6) is 0 Å². The zero-order valence-electron chi connectivity index (χ0n) is 11.8. The second kappa shape index (κ2) is 6.58. The van der Waals surface area contributed by atoms with Crippen LogP contribution in [-0.4, -0.2) is 29.2 Å². The van der Waals surface area contributed by atoms with Crippen LogP contribution < -0.4 is 4.90 Å². The van der Waals surface area contributed by atoms with Gasteiger partial charge in [-0.05, 0) is 12.1 Å². The Bertz CT molecular complexity index is 714. The van der Waals surface area contributed by atoms with E-state index in [1.54, 1.807) is 17.0 Å². The Kier molecular flexibility index (Phi) is 4.34. The number of anilines is 1. The van der Waals surface area contributed by atoms with Gasteiger partial charge in [-0.15, -0.1) is 0 Å². The largest absolute Gasteiger partial charge is 0.293 e. The molecule has 0 radical (unpaired) electrons. The first-order valence-electron chi connectivity index (χ1n) is 6.89. The molecule has 2 aromatic rings. The van der Waals surface area contributed by atoms with Crippen LogP contribution in [0, 0.1) is 0 Å². The van der Waals surface area contributed by atoms with Gasteiger partial charge in [0.2, 0.25) is 0 Å². The van der Waals surface area contributed by atoms with Crippen LogP contribution in [-0.2, 0) is 4.79 Å². The summed E-state index contributed by atoms with van der Waals surface area (Å²) < 4.78 is 0. The molecule has 0 aromatic heterocycles. The number of hydrogen-bond donors (Lipinski definition) is 0. The van der Waals surface area contributed by atoms with Gasteiger partial charge >= 0.3 is 0 Å². The molecule has 2 aromatic carbocycles. The molecule has 0 spiro atoms. The molecule has 0 aliphatic carbocycles. The third-order valence-corrected chi connectivity index (χ3v) is 4.21. The number of carbonyl (C=O) groups excluding carboxylic acids is 2. The minimum atomic E-state index is -0.0686. The molecule has 0 fully saturated rings. The summed E-state index contributed by atoms with van der Waals surface area (Å²) in [6.07, 6.45) is 0. The lowest BCUT2D eigenvalue weighted by molar-refractivity contribution is -0.115. The molecule has 0 unspecified atom stereocenters. The van der Waals surface area contributed by atoms with Crippen molar-refractivity contribution in [3.63, 3.8) is 0 Å². The van der Waals surface area contributed by atoms with E-state index in [0.29, 0.717) is 10.7 Å². The van der Waals surface area contributed by atoms with E-state index < -0.39 is 0 Å². The maximum Gasteiger partial charge on any atom is 0.254 e. The molecular formula is C17H14N2O2S. The maximum atomic E-state index is 12.1. The van der Waals surface area contributed by atoms with Crippen LogP contribution in [0.3, 0.4) is 0 Å². The third kappa shape index (κ3) is 3.09. The quantitative estimate of drug-likeness (QED) is 0.816. The summed E-state index contributed by atoms with van der Waals surface area (Å²) >= 11 is 1.30. The second-order valence-corrected chi connectivity index (χ2v) is 5.68. The lowest BCUT2D eigenvalue weighted by Crippen LogP contribution is -2.31. The molecule has 0 atom stereocenters. The summed E-state index contributed by atoms with van der Waals surface area (Å²) in [5.41, 5.74) is 1.45. The maximum absolute atomic E-state index is 12.1. The van der Waals surface area contributed by atoms with Crippen molar-refractivity contribution in [2.24, 2.45) is 4.99 Å². The molecule has 110 valence electrons. The van der Waals surface area contributed by atoms with Gasteiger partial charge in [-0.25, -0.2) is 0 Å². The number of para-hydroxylation sites is 1. The van der Waals surface area contributed by atoms with Gasteiger partial charge in [0, 0.05) is 5.56 Å². The summed E-state index contributed by atoms with van der Waals surface area (Å²) in [6.45, 7) is 0.136. The van der Waals surface area contributed by atoms with Crippen molar-refractivity contribution >= 4 is 34.3 Å². The topological polar surface area (TPSA) is 49.7 Å². The summed E-state index contributed by atoms with van der Waals surface area (Å²) in [7, 11) is 0. The van der Waals surface area contributed by atoms with Crippen molar-refractivity contribution in [3.8, 4) is 0 Å². The molecule has 0 N–H and O–H groups in total. The van der Waals surface area contributed by atoms with Crippen LogP contribution in [0.2, 0.25) is 0 Å². The molecule has 5 heteroatoms. The Balaban J connectivity index is 1.70. The van der Waals surface area contributed by atoms with E-state index in [0.717, 1.165) is 5.69 Å². The van der Waals surface area contributed by atoms with Crippen LogP contribution in [0.15, 0.2) is 65.7 Å². The van der Waals surface area contributed by atoms with Crippen molar-refractivity contribution in [1.82, 2.24) is 0 Å². The number of ketones is 1. The van der Waals surface area contributed by atoms with Gasteiger partial charge in [0.25, 0.3) is 5.91 Å². The predicted molar refractivity (Wildman–Crippen MR) is 89.5 cm³/mol. The number of amides is 1. The van der Waals surface area contributed by atoms with Gasteiger partial charge in [-0.3, -0.25) is 19.5 Å². The fourth-order valence-corrected chi connectivity index (χ4v) is 3.08. The minimum absolute atomic E-state index is 0.0284. The number of amidine groups is 1. The van der Waals surface area contributed by atoms with Crippen molar-refractivity contribution in [1.29, 1.82) is 0 Å². The van der Waals surface area contributed by atoms with Crippen LogP contribution in [0.25, 0.3) is 0 Å². The number of nitrogens with zero attached hydrogens (tertiary/aromatic N) is 2. The zero-order chi connectivity index (χ0) is 15.4. The Morgan fingerprint density at radius 2 is 1.68 bits per heavy atom. The summed E-state index contributed by atoms with van der Waals surface area (Å²) in [6, 6.07) is 18.5. The van der Waals surface area contributed by atoms with Crippen molar-refractivity contribution in [2.45, 2.75) is 0 Å². The highest BCUT2D eigenvalue weighted by atomic mass is 32.2. The Hall–Kier alpha value is -2.40. The number of Topliss-reactive ketones (excluding diaryl/α,β-unsaturated/α-hetero) is 1. The molecule has 0 saturated carbocycles. The molecule has 0 bridgehead atoms. The number of carbonyl (C=O) groups is 2. The minimum Gasteiger partial charge on any atom is -0.293 e. The molecule has 1 amide bonds. The van der Waals surface area contributed by atoms with E-state index in [-0.39, 0.29) is 24.0 Å². The van der Waals surface area contributed by atoms with Gasteiger partial charge in [-0.1, -0.05) is 60.3 Å². The van der Waals surface area contributed by atoms with Crippen molar-refractivity contribution in [3.05, 3.63) is 66.2 Å². The van der Waals surface area contributed by atoms with E-state index in [2.05, 4.69) is 4.99 Å². The van der Waals surface area contributed by atoms with Crippen LogP contribution in [0.4, 0.5) is 5.69 Å². The lowest BCUT2D eigenvalue weighted by Gasteiger charge is -2.17. The van der Waals surface area contributed by atoms with E-state index in [9.17, 15) is 9.59 Å². The highest BCUT2D eigenvalue weighted by Crippen LogP contribution is 2.24. The Labute approximate surface area is 132 Å². The monoisotopic (exact) mass is 310 g/mol. The molecule has 3 rings (SSSR count). The fourth-order valence-electron chi connectivity index (χ4n) is 2.16. The van der Waals surface area contributed by atoms with Crippen molar-refractivity contribution in [2.75, 3.05) is 17.2 Å². The van der Waals surface area contributed by atoms with Crippen LogP contribution >= 0.6 is 11.8 Å². The van der Waals surface area contributed by atoms with Gasteiger partial charge in [0.05, 0.1) is 11.4 Å². The first-order chi connectivity index (χ1) is 10.8. The standard InChI is InChI=1S/C17H14N2O2S/c20-15(13-7-3-1-4-8-13)12-22-17-18-11-16(21)19(17)14-9-5-2-6-10-14/h1-10H,11-12H2. The summed E-state index contributed by atoms with van der Waals surface area (Å²) in [5, 5.41) is 0.584. The molecule has 1 aliphatic heterocycles. The Morgan fingerprint density at radius 3 is 2.36 bits per heavy atom. The average Bonchev–Trinajstić information content (AvgIpc) is 2.95. The van der Waals surface area contributed by atoms with Crippen LogP contribution in [0.1, 0.15) is 10.4 Å². The molecule has 0 saturated heterocycles. The van der Waals surface area contributed by atoms with Gasteiger partial charge < -0.3 is 0 Å². The molecular weight excluding hydrogens is 296 g/mol. The number of rotatable bonds is 4. The zero-order valence-corrected chi connectivity index (χ0v) is 12.6. The predicted octanol–water partition coefficient (Wildman–Crippen LogP) is 3.01. The van der Waals surface area contributed by atoms with E-state index >= 15 is 0 Å². The summed E-state index contributed by atoms with van der Waals surface area (Å²) in [5.74, 6) is 0.223. The highest BCUT2D eigenvalue weighted by Gasteiger charge is 2.27. The second-order valence-electron chi connectivity index (χ2n) is 4.74. The molecule has 1 heterocycles. The smallest absolute Gasteiger partial charge is 0.254 e. The van der Waals surface area contributed by atoms with Crippen molar-refractivity contribution < 1.29 is 9.59 Å².